The smallest absolute Gasteiger partial charge is 0.178 e. The quantitative estimate of drug-likeness (QED) is 0.602. The molecular formula is C5HClN3S. The zero-order chi connectivity index (χ0) is 6.97. The van der Waals surface area contributed by atoms with Gasteiger partial charge in [-0.2, -0.15) is 5.10 Å². The van der Waals surface area contributed by atoms with Gasteiger partial charge in [0.15, 0.2) is 10.7 Å². The Labute approximate surface area is 65.7 Å². The summed E-state index contributed by atoms with van der Waals surface area (Å²) in [6.07, 6.45) is 1.62. The molecule has 0 unspecified atom stereocenters. The number of nitrogens with zero attached hydrogens (tertiary/aromatic N) is 3. The van der Waals surface area contributed by atoms with E-state index in [0.29, 0.717) is 10.7 Å². The summed E-state index contributed by atoms with van der Waals surface area (Å²) < 4.78 is 0.917. The summed E-state index contributed by atoms with van der Waals surface area (Å²) >= 11 is 7.03. The van der Waals surface area contributed by atoms with E-state index in [0.717, 1.165) is 4.70 Å². The van der Waals surface area contributed by atoms with E-state index in [1.807, 2.05) is 0 Å². The second-order valence-corrected chi connectivity index (χ2v) is 2.84. The van der Waals surface area contributed by atoms with Crippen molar-refractivity contribution in [3.8, 4) is 0 Å². The van der Waals surface area contributed by atoms with E-state index in [2.05, 4.69) is 20.7 Å². The third-order valence-corrected chi connectivity index (χ3v) is 2.02. The Hall–Kier alpha value is -0.740. The molecule has 3 nitrogen and oxygen atoms in total. The van der Waals surface area contributed by atoms with Gasteiger partial charge in [-0.25, -0.2) is 4.98 Å². The van der Waals surface area contributed by atoms with E-state index in [4.69, 9.17) is 11.6 Å². The molecule has 49 valence electrons. The molecule has 2 aromatic rings. The Balaban J connectivity index is 2.95. The topological polar surface area (TPSA) is 38.7 Å². The van der Waals surface area contributed by atoms with E-state index in [1.165, 1.54) is 11.3 Å². The highest BCUT2D eigenvalue weighted by molar-refractivity contribution is 7.16. The summed E-state index contributed by atoms with van der Waals surface area (Å²) in [5, 5.41) is 7.61. The Kier molecular flexibility index (Phi) is 1.28. The summed E-state index contributed by atoms with van der Waals surface area (Å²) in [4.78, 5) is 3.88. The van der Waals surface area contributed by atoms with Crippen LogP contribution >= 0.6 is 22.9 Å². The van der Waals surface area contributed by atoms with Crippen LogP contribution in [0.25, 0.3) is 10.2 Å². The Morgan fingerprint density at radius 1 is 1.60 bits per heavy atom. The largest absolute Gasteiger partial charge is 0.230 e. The van der Waals surface area contributed by atoms with Gasteiger partial charge in [-0.1, -0.05) is 11.6 Å². The Morgan fingerprint density at radius 2 is 2.50 bits per heavy atom. The normalized spacial score (nSPS) is 10.5. The highest BCUT2D eigenvalue weighted by Crippen LogP contribution is 2.20. The van der Waals surface area contributed by atoms with Gasteiger partial charge in [0, 0.05) is 0 Å². The monoisotopic (exact) mass is 170 g/mol. The van der Waals surface area contributed by atoms with Crippen LogP contribution in [0.1, 0.15) is 0 Å². The molecule has 0 amide bonds. The minimum atomic E-state index is 0.343. The van der Waals surface area contributed by atoms with Gasteiger partial charge in [0.2, 0.25) is 0 Å². The van der Waals surface area contributed by atoms with E-state index in [9.17, 15) is 0 Å². The van der Waals surface area contributed by atoms with Gasteiger partial charge < -0.3 is 0 Å². The van der Waals surface area contributed by atoms with Gasteiger partial charge >= 0.3 is 0 Å². The lowest BCUT2D eigenvalue weighted by Crippen LogP contribution is -1.80. The molecular weight excluding hydrogens is 170 g/mol. The van der Waals surface area contributed by atoms with Crippen LogP contribution in [0.4, 0.5) is 0 Å². The van der Waals surface area contributed by atoms with Gasteiger partial charge in [-0.3, -0.25) is 0 Å². The molecule has 0 aliphatic heterocycles. The first-order valence-electron chi connectivity index (χ1n) is 2.51. The van der Waals surface area contributed by atoms with Gasteiger partial charge in [0.25, 0.3) is 0 Å². The predicted molar refractivity (Wildman–Crippen MR) is 39.1 cm³/mol. The lowest BCUT2D eigenvalue weighted by Gasteiger charge is -1.85. The molecule has 2 heterocycles. The summed E-state index contributed by atoms with van der Waals surface area (Å²) in [5.74, 6) is 0. The van der Waals surface area contributed by atoms with Gasteiger partial charge in [-0.15, -0.1) is 16.4 Å². The number of hydrogen-bond donors (Lipinski definition) is 0. The highest BCUT2D eigenvalue weighted by Gasteiger charge is 2.01. The molecule has 0 N–H and O–H groups in total. The first-order chi connectivity index (χ1) is 4.88. The first kappa shape index (κ1) is 6.00. The Morgan fingerprint density at radius 3 is 3.30 bits per heavy atom. The van der Waals surface area contributed by atoms with Crippen LogP contribution in [0.5, 0.6) is 0 Å². The molecule has 1 radical (unpaired) electrons. The lowest BCUT2D eigenvalue weighted by atomic mass is 10.5. The second-order valence-electron chi connectivity index (χ2n) is 1.65. The fourth-order valence-electron chi connectivity index (χ4n) is 0.636. The summed E-state index contributed by atoms with van der Waals surface area (Å²) in [6.45, 7) is 0. The summed E-state index contributed by atoms with van der Waals surface area (Å²) in [6, 6.07) is 0. The van der Waals surface area contributed by atoms with Gasteiger partial charge in [0.1, 0.15) is 5.52 Å². The van der Waals surface area contributed by atoms with E-state index < -0.39 is 0 Å². The third kappa shape index (κ3) is 0.767. The van der Waals surface area contributed by atoms with Crippen LogP contribution < -0.4 is 0 Å². The predicted octanol–water partition coefficient (Wildman–Crippen LogP) is 1.54. The number of fused-ring (bicyclic) bond motifs is 1. The number of thiazole rings is 1. The van der Waals surface area contributed by atoms with Crippen molar-refractivity contribution in [1.29, 1.82) is 0 Å². The van der Waals surface area contributed by atoms with E-state index >= 15 is 0 Å². The van der Waals surface area contributed by atoms with E-state index in [1.54, 1.807) is 6.20 Å². The van der Waals surface area contributed by atoms with Crippen molar-refractivity contribution in [2.45, 2.75) is 0 Å². The van der Waals surface area contributed by atoms with Crippen LogP contribution in [0.3, 0.4) is 0 Å². The van der Waals surface area contributed by atoms with Crippen molar-refractivity contribution in [3.05, 3.63) is 16.9 Å². The number of halogens is 1. The lowest BCUT2D eigenvalue weighted by molar-refractivity contribution is 1.05. The van der Waals surface area contributed by atoms with Crippen molar-refractivity contribution < 1.29 is 0 Å². The highest BCUT2D eigenvalue weighted by atomic mass is 35.5. The molecule has 0 aromatic carbocycles. The molecule has 0 atom stereocenters. The average Bonchev–Trinajstić information content (AvgIpc) is 2.36. The number of hydrogen-bond acceptors (Lipinski definition) is 4. The van der Waals surface area contributed by atoms with Crippen molar-refractivity contribution in [2.75, 3.05) is 0 Å². The maximum atomic E-state index is 5.65. The van der Waals surface area contributed by atoms with Crippen molar-refractivity contribution in [3.63, 3.8) is 0 Å². The van der Waals surface area contributed by atoms with E-state index in [-0.39, 0.29) is 0 Å². The standard InChI is InChI=1S/C5HClN3S/c6-5-4-3(1-8-9-5)10-2-7-4/h1H. The number of aromatic nitrogens is 3. The zero-order valence-electron chi connectivity index (χ0n) is 4.71. The van der Waals surface area contributed by atoms with Crippen LogP contribution in [0.15, 0.2) is 6.20 Å². The number of rotatable bonds is 0. The molecule has 0 saturated carbocycles. The van der Waals surface area contributed by atoms with Crippen molar-refractivity contribution in [1.82, 2.24) is 15.2 Å². The molecule has 0 fully saturated rings. The molecule has 0 saturated heterocycles. The maximum Gasteiger partial charge on any atom is 0.178 e. The van der Waals surface area contributed by atoms with Gasteiger partial charge in [0.05, 0.1) is 10.9 Å². The molecule has 0 aliphatic rings. The van der Waals surface area contributed by atoms with Crippen molar-refractivity contribution in [2.24, 2.45) is 0 Å². The average molecular weight is 171 g/mol. The van der Waals surface area contributed by atoms with Crippen LogP contribution in [-0.2, 0) is 0 Å². The Bertz CT molecular complexity index is 358. The van der Waals surface area contributed by atoms with Crippen LogP contribution in [-0.4, -0.2) is 15.2 Å². The van der Waals surface area contributed by atoms with Crippen LogP contribution in [0, 0.1) is 5.51 Å². The fourth-order valence-corrected chi connectivity index (χ4v) is 1.45. The second kappa shape index (κ2) is 2.14. The minimum absolute atomic E-state index is 0.343. The maximum absolute atomic E-state index is 5.65. The molecule has 0 spiro atoms. The zero-order valence-corrected chi connectivity index (χ0v) is 6.28. The van der Waals surface area contributed by atoms with Crippen LogP contribution in [0.2, 0.25) is 5.15 Å². The molecule has 2 aromatic heterocycles. The SMILES string of the molecule is Clc1nncc2s[c]nc12. The summed E-state index contributed by atoms with van der Waals surface area (Å²) in [5.41, 5.74) is 3.39. The fraction of sp³-hybridized carbons (Fsp3) is 0. The molecule has 2 rings (SSSR count). The molecule has 0 aliphatic carbocycles. The summed E-state index contributed by atoms with van der Waals surface area (Å²) in [7, 11) is 0. The first-order valence-corrected chi connectivity index (χ1v) is 3.71. The third-order valence-electron chi connectivity index (χ3n) is 1.06. The molecule has 0 bridgehead atoms. The van der Waals surface area contributed by atoms with Gasteiger partial charge in [-0.05, 0) is 0 Å². The molecule has 5 heteroatoms. The van der Waals surface area contributed by atoms with Crippen molar-refractivity contribution >= 4 is 33.2 Å². The minimum Gasteiger partial charge on any atom is -0.230 e. The molecule has 10 heavy (non-hydrogen) atoms.